The average Bonchev–Trinajstić information content (AvgIpc) is 3.56. The van der Waals surface area contributed by atoms with E-state index in [1.54, 1.807) is 30.9 Å². The van der Waals surface area contributed by atoms with E-state index in [1.165, 1.54) is 0 Å². The quantitative estimate of drug-likeness (QED) is 0.707. The summed E-state index contributed by atoms with van der Waals surface area (Å²) in [4.78, 5) is 28.2. The molecule has 0 bridgehead atoms. The van der Waals surface area contributed by atoms with E-state index in [0.717, 1.165) is 24.0 Å². The number of nitrogens with one attached hydrogen (secondary N) is 1. The summed E-state index contributed by atoms with van der Waals surface area (Å²) in [6, 6.07) is 14.9. The largest absolute Gasteiger partial charge is 0.493 e. The Morgan fingerprint density at radius 1 is 1.06 bits per heavy atom. The molecular weight excluding hydrogens is 412 g/mol. The Morgan fingerprint density at radius 3 is 2.42 bits per heavy atom. The van der Waals surface area contributed by atoms with Gasteiger partial charge in [-0.1, -0.05) is 36.4 Å². The van der Waals surface area contributed by atoms with Crippen molar-refractivity contribution in [1.29, 1.82) is 0 Å². The number of methoxy groups -OCH3 is 2. The molecule has 1 saturated heterocycles. The zero-order valence-electron chi connectivity index (χ0n) is 18.0. The van der Waals surface area contributed by atoms with Crippen LogP contribution in [0.25, 0.3) is 0 Å². The third kappa shape index (κ3) is 4.51. The summed E-state index contributed by atoms with van der Waals surface area (Å²) in [6.07, 6.45) is 1.79. The van der Waals surface area contributed by atoms with Gasteiger partial charge in [-0.3, -0.25) is 9.59 Å². The Kier molecular flexibility index (Phi) is 6.41. The molecule has 3 atom stereocenters. The van der Waals surface area contributed by atoms with Crippen molar-refractivity contribution in [3.05, 3.63) is 59.7 Å². The fourth-order valence-electron chi connectivity index (χ4n) is 3.92. The minimum atomic E-state index is -0.498. The normalized spacial score (nSPS) is 21.5. The number of hydrogen-bond acceptors (Lipinski definition) is 5. The standard InChI is InChI=1S/C24H28N2O4S/c1-15(16-7-5-4-6-8-16)25-22(27)19-14-31-24(26(19)23(28)17-9-10-17)18-11-12-20(29-2)21(13-18)30-3/h4-8,11-13,15,17,19,24H,9-10,14H2,1-3H3,(H,25,27). The van der Waals surface area contributed by atoms with E-state index in [2.05, 4.69) is 5.32 Å². The fourth-order valence-corrected chi connectivity index (χ4v) is 5.34. The maximum absolute atomic E-state index is 13.2. The molecular formula is C24H28N2O4S. The van der Waals surface area contributed by atoms with Crippen LogP contribution in [0, 0.1) is 5.92 Å². The van der Waals surface area contributed by atoms with Crippen LogP contribution in [0.15, 0.2) is 48.5 Å². The monoisotopic (exact) mass is 440 g/mol. The number of carbonyl (C=O) groups is 2. The Bertz CT molecular complexity index is 948. The molecule has 2 aromatic rings. The second kappa shape index (κ2) is 9.22. The average molecular weight is 441 g/mol. The van der Waals surface area contributed by atoms with Crippen LogP contribution < -0.4 is 14.8 Å². The predicted octanol–water partition coefficient (Wildman–Crippen LogP) is 3.93. The smallest absolute Gasteiger partial charge is 0.244 e. The molecule has 6 nitrogen and oxygen atoms in total. The summed E-state index contributed by atoms with van der Waals surface area (Å²) < 4.78 is 10.8. The molecule has 164 valence electrons. The molecule has 2 aliphatic rings. The summed E-state index contributed by atoms with van der Waals surface area (Å²) in [7, 11) is 3.19. The van der Waals surface area contributed by atoms with E-state index >= 15 is 0 Å². The molecule has 1 aliphatic heterocycles. The van der Waals surface area contributed by atoms with Gasteiger partial charge >= 0.3 is 0 Å². The van der Waals surface area contributed by atoms with Crippen molar-refractivity contribution >= 4 is 23.6 Å². The second-order valence-electron chi connectivity index (χ2n) is 7.98. The van der Waals surface area contributed by atoms with E-state index in [-0.39, 0.29) is 29.1 Å². The minimum absolute atomic E-state index is 0.0307. The summed E-state index contributed by atoms with van der Waals surface area (Å²) in [5.41, 5.74) is 1.97. The number of rotatable bonds is 7. The first-order chi connectivity index (χ1) is 15.0. The third-order valence-corrected chi connectivity index (χ3v) is 7.16. The van der Waals surface area contributed by atoms with Crippen molar-refractivity contribution in [2.75, 3.05) is 20.0 Å². The summed E-state index contributed by atoms with van der Waals surface area (Å²) in [5.74, 6) is 1.80. The van der Waals surface area contributed by atoms with Gasteiger partial charge in [-0.25, -0.2) is 0 Å². The highest BCUT2D eigenvalue weighted by Crippen LogP contribution is 2.46. The maximum atomic E-state index is 13.2. The maximum Gasteiger partial charge on any atom is 0.244 e. The molecule has 1 heterocycles. The second-order valence-corrected chi connectivity index (χ2v) is 9.09. The van der Waals surface area contributed by atoms with Crippen molar-refractivity contribution in [2.45, 2.75) is 37.2 Å². The number of nitrogens with zero attached hydrogens (tertiary/aromatic N) is 1. The van der Waals surface area contributed by atoms with Gasteiger partial charge < -0.3 is 19.7 Å². The molecule has 0 radical (unpaired) electrons. The summed E-state index contributed by atoms with van der Waals surface area (Å²) in [6.45, 7) is 1.97. The van der Waals surface area contributed by atoms with E-state index in [9.17, 15) is 9.59 Å². The highest BCUT2D eigenvalue weighted by Gasteiger charge is 2.46. The zero-order chi connectivity index (χ0) is 22.0. The van der Waals surface area contributed by atoms with Crippen LogP contribution in [0.4, 0.5) is 0 Å². The van der Waals surface area contributed by atoms with Crippen molar-refractivity contribution in [3.63, 3.8) is 0 Å². The van der Waals surface area contributed by atoms with Gasteiger partial charge in [-0.15, -0.1) is 11.8 Å². The molecule has 0 spiro atoms. The molecule has 31 heavy (non-hydrogen) atoms. The van der Waals surface area contributed by atoms with Gasteiger partial charge in [0.2, 0.25) is 11.8 Å². The number of ether oxygens (including phenoxy) is 2. The highest BCUT2D eigenvalue weighted by molar-refractivity contribution is 7.99. The predicted molar refractivity (Wildman–Crippen MR) is 121 cm³/mol. The van der Waals surface area contributed by atoms with Crippen molar-refractivity contribution < 1.29 is 19.1 Å². The SMILES string of the molecule is COc1ccc(C2SCC(C(=O)NC(C)c3ccccc3)N2C(=O)C2CC2)cc1OC. The van der Waals surface area contributed by atoms with E-state index in [1.807, 2.05) is 55.5 Å². The first kappa shape index (κ1) is 21.6. The van der Waals surface area contributed by atoms with Crippen LogP contribution in [0.5, 0.6) is 11.5 Å². The number of hydrogen-bond donors (Lipinski definition) is 1. The first-order valence-corrected chi connectivity index (χ1v) is 11.6. The van der Waals surface area contributed by atoms with Gasteiger partial charge in [0.05, 0.1) is 20.3 Å². The van der Waals surface area contributed by atoms with Crippen molar-refractivity contribution in [1.82, 2.24) is 10.2 Å². The van der Waals surface area contributed by atoms with Gasteiger partial charge in [-0.2, -0.15) is 0 Å². The van der Waals surface area contributed by atoms with Gasteiger partial charge in [-0.05, 0) is 43.0 Å². The lowest BCUT2D eigenvalue weighted by atomic mass is 10.1. The zero-order valence-corrected chi connectivity index (χ0v) is 18.9. The van der Waals surface area contributed by atoms with Crippen LogP contribution in [0.3, 0.4) is 0 Å². The third-order valence-electron chi connectivity index (χ3n) is 5.84. The Balaban J connectivity index is 1.57. The lowest BCUT2D eigenvalue weighted by Crippen LogP contribution is -2.49. The molecule has 1 saturated carbocycles. The molecule has 2 amide bonds. The number of carbonyl (C=O) groups excluding carboxylic acids is 2. The molecule has 2 aromatic carbocycles. The first-order valence-electron chi connectivity index (χ1n) is 10.5. The van der Waals surface area contributed by atoms with Crippen molar-refractivity contribution in [3.8, 4) is 11.5 Å². The van der Waals surface area contributed by atoms with Crippen LogP contribution in [-0.2, 0) is 9.59 Å². The highest BCUT2D eigenvalue weighted by atomic mass is 32.2. The minimum Gasteiger partial charge on any atom is -0.493 e. The van der Waals surface area contributed by atoms with E-state index in [0.29, 0.717) is 17.3 Å². The molecule has 1 N–H and O–H groups in total. The van der Waals surface area contributed by atoms with Gasteiger partial charge in [0, 0.05) is 11.7 Å². The van der Waals surface area contributed by atoms with Crippen LogP contribution >= 0.6 is 11.8 Å². The molecule has 0 aromatic heterocycles. The Labute approximate surface area is 187 Å². The van der Waals surface area contributed by atoms with E-state index in [4.69, 9.17) is 9.47 Å². The summed E-state index contributed by atoms with van der Waals surface area (Å²) in [5, 5.41) is 2.88. The van der Waals surface area contributed by atoms with E-state index < -0.39 is 6.04 Å². The molecule has 7 heteroatoms. The van der Waals surface area contributed by atoms with Gasteiger partial charge in [0.25, 0.3) is 0 Å². The molecule has 1 aliphatic carbocycles. The molecule has 3 unspecified atom stereocenters. The summed E-state index contributed by atoms with van der Waals surface area (Å²) >= 11 is 1.62. The Morgan fingerprint density at radius 2 is 1.77 bits per heavy atom. The number of thioether (sulfide) groups is 1. The van der Waals surface area contributed by atoms with Crippen LogP contribution in [0.1, 0.15) is 42.3 Å². The van der Waals surface area contributed by atoms with Gasteiger partial charge in [0.1, 0.15) is 11.4 Å². The molecule has 2 fully saturated rings. The van der Waals surface area contributed by atoms with Crippen LogP contribution in [-0.4, -0.2) is 42.7 Å². The number of benzene rings is 2. The number of amides is 2. The van der Waals surface area contributed by atoms with Crippen molar-refractivity contribution in [2.24, 2.45) is 5.92 Å². The van der Waals surface area contributed by atoms with Crippen LogP contribution in [0.2, 0.25) is 0 Å². The Hall–Kier alpha value is -2.67. The molecule has 4 rings (SSSR count). The van der Waals surface area contributed by atoms with Gasteiger partial charge in [0.15, 0.2) is 11.5 Å². The fraction of sp³-hybridized carbons (Fsp3) is 0.417. The topological polar surface area (TPSA) is 67.9 Å². The lowest BCUT2D eigenvalue weighted by Gasteiger charge is -2.30. The lowest BCUT2D eigenvalue weighted by molar-refractivity contribution is -0.141.